The van der Waals surface area contributed by atoms with Gasteiger partial charge in [0.05, 0.1) is 16.1 Å². The van der Waals surface area contributed by atoms with Crippen LogP contribution in [0.5, 0.6) is 0 Å². The Balaban J connectivity index is 1.48. The smallest absolute Gasteiger partial charge is 0.231 e. The number of aromatic nitrogens is 3. The second-order valence-electron chi connectivity index (χ2n) is 6.37. The molecule has 1 aliphatic rings. The topological polar surface area (TPSA) is 71.0 Å². The molecule has 1 N–H and O–H groups in total. The Hall–Kier alpha value is -2.06. The van der Waals surface area contributed by atoms with Gasteiger partial charge in [0, 0.05) is 13.1 Å². The predicted octanol–water partition coefficient (Wildman–Crippen LogP) is 3.62. The summed E-state index contributed by atoms with van der Waals surface area (Å²) in [5, 5.41) is 13.3. The largest absolute Gasteiger partial charge is 0.347 e. The second-order valence-corrected chi connectivity index (χ2v) is 8.56. The first-order valence-electron chi connectivity index (χ1n) is 8.31. The lowest BCUT2D eigenvalue weighted by atomic mass is 9.98. The molecule has 8 heteroatoms. The molecule has 25 heavy (non-hydrogen) atoms. The Morgan fingerprint density at radius 2 is 2.16 bits per heavy atom. The molecule has 1 fully saturated rings. The number of anilines is 2. The van der Waals surface area contributed by atoms with E-state index >= 15 is 0 Å². The van der Waals surface area contributed by atoms with Crippen molar-refractivity contribution in [1.82, 2.24) is 15.2 Å². The molecule has 0 saturated carbocycles. The third-order valence-electron chi connectivity index (χ3n) is 4.35. The molecular formula is C17H19N5OS2. The van der Waals surface area contributed by atoms with Gasteiger partial charge in [0.1, 0.15) is 5.01 Å². The maximum absolute atomic E-state index is 12.6. The minimum Gasteiger partial charge on any atom is -0.347 e. The molecule has 130 valence electrons. The van der Waals surface area contributed by atoms with Crippen molar-refractivity contribution in [2.45, 2.75) is 26.7 Å². The third kappa shape index (κ3) is 3.50. The number of piperidine rings is 1. The molecule has 0 spiro atoms. The molecule has 3 aromatic rings. The highest BCUT2D eigenvalue weighted by atomic mass is 32.1. The summed E-state index contributed by atoms with van der Waals surface area (Å²) in [6.45, 7) is 5.61. The molecule has 1 aromatic carbocycles. The Bertz CT molecular complexity index is 919. The normalized spacial score (nSPS) is 17.8. The predicted molar refractivity (Wildman–Crippen MR) is 103 cm³/mol. The van der Waals surface area contributed by atoms with Crippen LogP contribution in [0.4, 0.5) is 10.3 Å². The lowest BCUT2D eigenvalue weighted by Crippen LogP contribution is -2.40. The molecule has 6 nitrogen and oxygen atoms in total. The maximum Gasteiger partial charge on any atom is 0.231 e. The molecule has 2 aromatic heterocycles. The van der Waals surface area contributed by atoms with Crippen molar-refractivity contribution in [3.8, 4) is 0 Å². The third-order valence-corrected chi connectivity index (χ3v) is 6.18. The number of thiazole rings is 1. The molecule has 3 heterocycles. The zero-order valence-corrected chi connectivity index (χ0v) is 15.8. The molecule has 0 radical (unpaired) electrons. The summed E-state index contributed by atoms with van der Waals surface area (Å²) in [4.78, 5) is 19.5. The number of nitrogens with zero attached hydrogens (tertiary/aromatic N) is 4. The second kappa shape index (κ2) is 6.68. The van der Waals surface area contributed by atoms with Crippen molar-refractivity contribution in [3.05, 3.63) is 28.8 Å². The summed E-state index contributed by atoms with van der Waals surface area (Å²) in [5.41, 5.74) is 2.27. The lowest BCUT2D eigenvalue weighted by Gasteiger charge is -2.31. The summed E-state index contributed by atoms with van der Waals surface area (Å²) < 4.78 is 1.20. The van der Waals surface area contributed by atoms with Crippen LogP contribution in [0.15, 0.2) is 18.2 Å². The van der Waals surface area contributed by atoms with Crippen LogP contribution in [0.3, 0.4) is 0 Å². The molecular weight excluding hydrogens is 354 g/mol. The average Bonchev–Trinajstić information content (AvgIpc) is 3.20. The molecule has 1 amide bonds. The van der Waals surface area contributed by atoms with Gasteiger partial charge in [-0.15, -0.1) is 10.2 Å². The zero-order chi connectivity index (χ0) is 17.4. The summed E-state index contributed by atoms with van der Waals surface area (Å²) in [6.07, 6.45) is 1.88. The fraction of sp³-hybridized carbons (Fsp3) is 0.412. The van der Waals surface area contributed by atoms with Gasteiger partial charge in [0.25, 0.3) is 0 Å². The van der Waals surface area contributed by atoms with Crippen LogP contribution in [0.25, 0.3) is 10.2 Å². The van der Waals surface area contributed by atoms with E-state index in [1.165, 1.54) is 21.6 Å². The number of fused-ring (bicyclic) bond motifs is 1. The minimum atomic E-state index is -0.0493. The Morgan fingerprint density at radius 3 is 2.96 bits per heavy atom. The van der Waals surface area contributed by atoms with Gasteiger partial charge in [0.2, 0.25) is 11.0 Å². The van der Waals surface area contributed by atoms with Crippen LogP contribution in [0.2, 0.25) is 0 Å². The number of hydrogen-bond donors (Lipinski definition) is 1. The van der Waals surface area contributed by atoms with Crippen LogP contribution in [0.1, 0.15) is 23.4 Å². The van der Waals surface area contributed by atoms with E-state index in [9.17, 15) is 4.79 Å². The lowest BCUT2D eigenvalue weighted by molar-refractivity contribution is -0.120. The van der Waals surface area contributed by atoms with E-state index in [1.54, 1.807) is 11.3 Å². The fourth-order valence-electron chi connectivity index (χ4n) is 3.07. The first-order valence-corrected chi connectivity index (χ1v) is 9.95. The van der Waals surface area contributed by atoms with E-state index in [4.69, 9.17) is 4.98 Å². The molecule has 1 saturated heterocycles. The van der Waals surface area contributed by atoms with Crippen molar-refractivity contribution in [3.63, 3.8) is 0 Å². The molecule has 1 atom stereocenters. The van der Waals surface area contributed by atoms with Crippen LogP contribution in [-0.4, -0.2) is 34.2 Å². The van der Waals surface area contributed by atoms with Crippen LogP contribution >= 0.6 is 22.7 Å². The number of carbonyl (C=O) groups excluding carboxylic acids is 1. The van der Waals surface area contributed by atoms with E-state index in [0.29, 0.717) is 11.7 Å². The van der Waals surface area contributed by atoms with E-state index < -0.39 is 0 Å². The van der Waals surface area contributed by atoms with Gasteiger partial charge in [-0.1, -0.05) is 28.7 Å². The van der Waals surface area contributed by atoms with Crippen LogP contribution < -0.4 is 10.2 Å². The first kappa shape index (κ1) is 16.4. The highest BCUT2D eigenvalue weighted by Gasteiger charge is 2.28. The fourth-order valence-corrected chi connectivity index (χ4v) is 4.77. The number of aryl methyl sites for hydroxylation is 2. The first-order chi connectivity index (χ1) is 12.1. The summed E-state index contributed by atoms with van der Waals surface area (Å²) in [7, 11) is 0. The highest BCUT2D eigenvalue weighted by molar-refractivity contribution is 7.22. The van der Waals surface area contributed by atoms with Gasteiger partial charge in [-0.2, -0.15) is 0 Å². The van der Waals surface area contributed by atoms with Crippen molar-refractivity contribution < 1.29 is 4.79 Å². The standard InChI is InChI=1S/C17H19N5OS2/c1-10-5-6-13-14(8-10)25-17(18-13)22-7-3-4-12(9-22)15(23)19-16-21-20-11(2)24-16/h5-6,8,12H,3-4,7,9H2,1-2H3,(H,19,21,23). The van der Waals surface area contributed by atoms with Crippen molar-refractivity contribution in [2.75, 3.05) is 23.3 Å². The van der Waals surface area contributed by atoms with E-state index in [2.05, 4.69) is 45.5 Å². The van der Waals surface area contributed by atoms with Gasteiger partial charge < -0.3 is 10.2 Å². The monoisotopic (exact) mass is 373 g/mol. The molecule has 0 aliphatic carbocycles. The van der Waals surface area contributed by atoms with Crippen molar-refractivity contribution in [2.24, 2.45) is 5.92 Å². The van der Waals surface area contributed by atoms with Gasteiger partial charge in [-0.25, -0.2) is 4.98 Å². The SMILES string of the molecule is Cc1ccc2nc(N3CCCC(C(=O)Nc4nnc(C)s4)C3)sc2c1. The van der Waals surface area contributed by atoms with Gasteiger partial charge in [-0.3, -0.25) is 4.79 Å². The number of carbonyl (C=O) groups is 1. The van der Waals surface area contributed by atoms with Crippen LogP contribution in [0, 0.1) is 19.8 Å². The number of nitrogens with one attached hydrogen (secondary N) is 1. The van der Waals surface area contributed by atoms with E-state index in [-0.39, 0.29) is 11.8 Å². The highest BCUT2D eigenvalue weighted by Crippen LogP contribution is 2.32. The quantitative estimate of drug-likeness (QED) is 0.759. The van der Waals surface area contributed by atoms with E-state index in [0.717, 1.165) is 35.0 Å². The number of amides is 1. The van der Waals surface area contributed by atoms with Crippen molar-refractivity contribution >= 4 is 49.1 Å². The minimum absolute atomic E-state index is 0.0257. The number of rotatable bonds is 3. The number of hydrogen-bond acceptors (Lipinski definition) is 7. The Labute approximate surface area is 153 Å². The summed E-state index contributed by atoms with van der Waals surface area (Å²) >= 11 is 3.11. The summed E-state index contributed by atoms with van der Waals surface area (Å²) in [6, 6.07) is 6.32. The van der Waals surface area contributed by atoms with Crippen LogP contribution in [-0.2, 0) is 4.79 Å². The molecule has 1 aliphatic heterocycles. The summed E-state index contributed by atoms with van der Waals surface area (Å²) in [5.74, 6) is -0.0236. The molecule has 4 rings (SSSR count). The van der Waals surface area contributed by atoms with Gasteiger partial charge >= 0.3 is 0 Å². The molecule has 0 bridgehead atoms. The Morgan fingerprint density at radius 1 is 1.28 bits per heavy atom. The average molecular weight is 374 g/mol. The molecule has 1 unspecified atom stereocenters. The van der Waals surface area contributed by atoms with Crippen molar-refractivity contribution in [1.29, 1.82) is 0 Å². The zero-order valence-electron chi connectivity index (χ0n) is 14.2. The van der Waals surface area contributed by atoms with Gasteiger partial charge in [-0.05, 0) is 44.4 Å². The van der Waals surface area contributed by atoms with Gasteiger partial charge in [0.15, 0.2) is 5.13 Å². The number of benzene rings is 1. The maximum atomic E-state index is 12.6. The van der Waals surface area contributed by atoms with E-state index in [1.807, 2.05) is 6.92 Å². The Kier molecular flexibility index (Phi) is 4.39.